The van der Waals surface area contributed by atoms with Crippen LogP contribution in [-0.2, 0) is 6.54 Å². The fourth-order valence-corrected chi connectivity index (χ4v) is 2.23. The van der Waals surface area contributed by atoms with Gasteiger partial charge < -0.3 is 19.7 Å². The first-order valence-electron chi connectivity index (χ1n) is 6.48. The van der Waals surface area contributed by atoms with Crippen LogP contribution in [0.25, 0.3) is 0 Å². The zero-order valence-corrected chi connectivity index (χ0v) is 11.6. The van der Waals surface area contributed by atoms with Gasteiger partial charge in [0.05, 0.1) is 17.6 Å². The molecule has 0 atom stereocenters. The van der Waals surface area contributed by atoms with Crippen molar-refractivity contribution in [1.82, 2.24) is 4.98 Å². The lowest BCUT2D eigenvalue weighted by Crippen LogP contribution is -2.12. The van der Waals surface area contributed by atoms with Gasteiger partial charge in [0.2, 0.25) is 6.79 Å². The minimum Gasteiger partial charge on any atom is -0.454 e. The van der Waals surface area contributed by atoms with Crippen LogP contribution in [0.3, 0.4) is 0 Å². The Hall–Kier alpha value is -2.43. The number of nitrogens with zero attached hydrogens (tertiary/aromatic N) is 2. The first kappa shape index (κ1) is 12.6. The van der Waals surface area contributed by atoms with Crippen molar-refractivity contribution in [1.29, 1.82) is 0 Å². The van der Waals surface area contributed by atoms with Gasteiger partial charge in [-0.3, -0.25) is 4.98 Å². The predicted molar refractivity (Wildman–Crippen MR) is 78.5 cm³/mol. The number of nitrogens with one attached hydrogen (secondary N) is 1. The molecule has 0 saturated heterocycles. The predicted octanol–water partition coefficient (Wildman–Crippen LogP) is 2.49. The molecule has 0 spiro atoms. The third-order valence-corrected chi connectivity index (χ3v) is 3.23. The lowest BCUT2D eigenvalue weighted by atomic mass is 10.2. The summed E-state index contributed by atoms with van der Waals surface area (Å²) < 4.78 is 10.9. The molecule has 1 aliphatic rings. The van der Waals surface area contributed by atoms with Crippen molar-refractivity contribution in [2.24, 2.45) is 0 Å². The van der Waals surface area contributed by atoms with Crippen molar-refractivity contribution in [3.63, 3.8) is 0 Å². The molecule has 0 saturated carbocycles. The Kier molecular flexibility index (Phi) is 3.33. The Balaban J connectivity index is 1.79. The number of para-hydroxylation sites is 1. The Morgan fingerprint density at radius 3 is 3.00 bits per heavy atom. The molecule has 1 N–H and O–H groups in total. The molecule has 5 heteroatoms. The number of rotatable bonds is 4. The third-order valence-electron chi connectivity index (χ3n) is 3.23. The SMILES string of the molecule is CN(C)c1ccncc1NCc1cccc2c1OCO2. The molecule has 1 aromatic heterocycles. The minimum atomic E-state index is 0.294. The van der Waals surface area contributed by atoms with Crippen LogP contribution in [0.4, 0.5) is 11.4 Å². The van der Waals surface area contributed by atoms with E-state index in [1.165, 1.54) is 0 Å². The molecule has 1 aliphatic heterocycles. The van der Waals surface area contributed by atoms with Gasteiger partial charge in [-0.05, 0) is 12.1 Å². The van der Waals surface area contributed by atoms with Crippen LogP contribution in [0.5, 0.6) is 11.5 Å². The first-order valence-corrected chi connectivity index (χ1v) is 6.48. The van der Waals surface area contributed by atoms with Gasteiger partial charge >= 0.3 is 0 Å². The minimum absolute atomic E-state index is 0.294. The van der Waals surface area contributed by atoms with Crippen molar-refractivity contribution in [2.75, 3.05) is 31.1 Å². The van der Waals surface area contributed by atoms with Crippen molar-refractivity contribution < 1.29 is 9.47 Å². The number of fused-ring (bicyclic) bond motifs is 1. The fourth-order valence-electron chi connectivity index (χ4n) is 2.23. The van der Waals surface area contributed by atoms with E-state index in [4.69, 9.17) is 9.47 Å². The van der Waals surface area contributed by atoms with Crippen molar-refractivity contribution >= 4 is 11.4 Å². The van der Waals surface area contributed by atoms with Crippen molar-refractivity contribution in [3.05, 3.63) is 42.2 Å². The number of aromatic nitrogens is 1. The van der Waals surface area contributed by atoms with Gasteiger partial charge in [0.1, 0.15) is 0 Å². The summed E-state index contributed by atoms with van der Waals surface area (Å²) >= 11 is 0. The average molecular weight is 271 g/mol. The van der Waals surface area contributed by atoms with E-state index in [9.17, 15) is 0 Å². The summed E-state index contributed by atoms with van der Waals surface area (Å²) in [6.45, 7) is 0.960. The van der Waals surface area contributed by atoms with E-state index in [1.54, 1.807) is 6.20 Å². The van der Waals surface area contributed by atoms with Crippen LogP contribution < -0.4 is 19.7 Å². The molecule has 1 aromatic carbocycles. The maximum atomic E-state index is 5.51. The molecule has 0 aliphatic carbocycles. The van der Waals surface area contributed by atoms with Gasteiger partial charge in [-0.1, -0.05) is 12.1 Å². The summed E-state index contributed by atoms with van der Waals surface area (Å²) in [5.41, 5.74) is 3.17. The fraction of sp³-hybridized carbons (Fsp3) is 0.267. The van der Waals surface area contributed by atoms with E-state index in [0.29, 0.717) is 13.3 Å². The van der Waals surface area contributed by atoms with Crippen LogP contribution in [-0.4, -0.2) is 25.9 Å². The molecule has 104 valence electrons. The van der Waals surface area contributed by atoms with E-state index in [-0.39, 0.29) is 0 Å². The Bertz CT molecular complexity index is 614. The molecule has 20 heavy (non-hydrogen) atoms. The van der Waals surface area contributed by atoms with Crippen LogP contribution in [0.1, 0.15) is 5.56 Å². The Labute approximate surface area is 118 Å². The Morgan fingerprint density at radius 2 is 2.15 bits per heavy atom. The average Bonchev–Trinajstić information content (AvgIpc) is 2.94. The van der Waals surface area contributed by atoms with Gasteiger partial charge in [-0.15, -0.1) is 0 Å². The smallest absolute Gasteiger partial charge is 0.231 e. The highest BCUT2D eigenvalue weighted by molar-refractivity contribution is 5.68. The van der Waals surface area contributed by atoms with Crippen LogP contribution >= 0.6 is 0 Å². The summed E-state index contributed by atoms with van der Waals surface area (Å²) in [4.78, 5) is 6.22. The van der Waals surface area contributed by atoms with E-state index in [0.717, 1.165) is 28.4 Å². The molecule has 0 fully saturated rings. The molecule has 0 radical (unpaired) electrons. The number of pyridine rings is 1. The van der Waals surface area contributed by atoms with Crippen LogP contribution in [0, 0.1) is 0 Å². The normalized spacial score (nSPS) is 12.3. The monoisotopic (exact) mass is 271 g/mol. The second kappa shape index (κ2) is 5.28. The summed E-state index contributed by atoms with van der Waals surface area (Å²) in [5.74, 6) is 1.64. The summed E-state index contributed by atoms with van der Waals surface area (Å²) in [5, 5.41) is 3.40. The maximum absolute atomic E-state index is 5.51. The number of ether oxygens (including phenoxy) is 2. The lowest BCUT2D eigenvalue weighted by Gasteiger charge is -2.18. The molecule has 5 nitrogen and oxygen atoms in total. The summed E-state index contributed by atoms with van der Waals surface area (Å²) in [6.07, 6.45) is 3.62. The number of anilines is 2. The lowest BCUT2D eigenvalue weighted by molar-refractivity contribution is 0.173. The van der Waals surface area contributed by atoms with E-state index in [1.807, 2.05) is 44.6 Å². The summed E-state index contributed by atoms with van der Waals surface area (Å²) in [6, 6.07) is 7.91. The topological polar surface area (TPSA) is 46.6 Å². The molecule has 0 unspecified atom stereocenters. The zero-order valence-electron chi connectivity index (χ0n) is 11.6. The molecule has 3 rings (SSSR count). The Morgan fingerprint density at radius 1 is 1.25 bits per heavy atom. The van der Waals surface area contributed by atoms with Crippen molar-refractivity contribution in [2.45, 2.75) is 6.54 Å². The zero-order chi connectivity index (χ0) is 13.9. The second-order valence-corrected chi connectivity index (χ2v) is 4.79. The molecule has 0 amide bonds. The first-order chi connectivity index (χ1) is 9.75. The van der Waals surface area contributed by atoms with E-state index >= 15 is 0 Å². The highest BCUT2D eigenvalue weighted by Gasteiger charge is 2.17. The van der Waals surface area contributed by atoms with Crippen LogP contribution in [0.2, 0.25) is 0 Å². The van der Waals surface area contributed by atoms with Gasteiger partial charge in [0, 0.05) is 32.4 Å². The van der Waals surface area contributed by atoms with Crippen LogP contribution in [0.15, 0.2) is 36.7 Å². The molecule has 2 heterocycles. The van der Waals surface area contributed by atoms with Crippen molar-refractivity contribution in [3.8, 4) is 11.5 Å². The molecular formula is C15H17N3O2. The molecule has 0 bridgehead atoms. The molecule has 2 aromatic rings. The molecular weight excluding hydrogens is 254 g/mol. The van der Waals surface area contributed by atoms with Gasteiger partial charge in [-0.25, -0.2) is 0 Å². The van der Waals surface area contributed by atoms with Gasteiger partial charge in [-0.2, -0.15) is 0 Å². The van der Waals surface area contributed by atoms with Gasteiger partial charge in [0.25, 0.3) is 0 Å². The highest BCUT2D eigenvalue weighted by Crippen LogP contribution is 2.36. The largest absolute Gasteiger partial charge is 0.454 e. The second-order valence-electron chi connectivity index (χ2n) is 4.79. The summed E-state index contributed by atoms with van der Waals surface area (Å²) in [7, 11) is 4.02. The van der Waals surface area contributed by atoms with E-state index < -0.39 is 0 Å². The number of hydrogen-bond donors (Lipinski definition) is 1. The standard InChI is InChI=1S/C15H17N3O2/c1-18(2)13-6-7-16-9-12(13)17-8-11-4-3-5-14-15(11)20-10-19-14/h3-7,9,17H,8,10H2,1-2H3. The number of hydrogen-bond acceptors (Lipinski definition) is 5. The highest BCUT2D eigenvalue weighted by atomic mass is 16.7. The number of benzene rings is 1. The quantitative estimate of drug-likeness (QED) is 0.925. The van der Waals surface area contributed by atoms with E-state index in [2.05, 4.69) is 15.2 Å². The van der Waals surface area contributed by atoms with Gasteiger partial charge in [0.15, 0.2) is 11.5 Å². The third kappa shape index (κ3) is 2.34. The maximum Gasteiger partial charge on any atom is 0.231 e.